The average molecular weight is 488 g/mol. The Morgan fingerprint density at radius 2 is 1.05 bits per heavy atom. The van der Waals surface area contributed by atoms with E-state index in [9.17, 15) is 0 Å². The Morgan fingerprint density at radius 1 is 0.474 bits per heavy atom. The molecule has 0 unspecified atom stereocenters. The quantitative estimate of drug-likeness (QED) is 0.275. The maximum atomic E-state index is 5.06. The van der Waals surface area contributed by atoms with Crippen LogP contribution in [0.1, 0.15) is 0 Å². The molecule has 0 fully saturated rings. The molecule has 3 heterocycles. The lowest BCUT2D eigenvalue weighted by atomic mass is 10.1. The molecule has 0 radical (unpaired) electrons. The lowest BCUT2D eigenvalue weighted by Gasteiger charge is -2.11. The number of hydrogen-bond donors (Lipinski definition) is 1. The fraction of sp³-hybridized carbons (Fsp3) is 0. The highest BCUT2D eigenvalue weighted by atomic mass is 15.2. The Kier molecular flexibility index (Phi) is 4.45. The number of rotatable bonds is 3. The molecular formula is C33H21N5. The molecule has 0 aliphatic carbocycles. The number of nitrogens with zero attached hydrogens (tertiary/aromatic N) is 4. The molecule has 8 rings (SSSR count). The van der Waals surface area contributed by atoms with Gasteiger partial charge in [-0.3, -0.25) is 4.57 Å². The van der Waals surface area contributed by atoms with Crippen LogP contribution >= 0.6 is 0 Å². The van der Waals surface area contributed by atoms with Gasteiger partial charge >= 0.3 is 0 Å². The molecule has 178 valence electrons. The van der Waals surface area contributed by atoms with Crippen molar-refractivity contribution in [3.8, 4) is 28.7 Å². The zero-order valence-electron chi connectivity index (χ0n) is 20.3. The Morgan fingerprint density at radius 3 is 1.76 bits per heavy atom. The van der Waals surface area contributed by atoms with Gasteiger partial charge in [0.2, 0.25) is 5.95 Å². The number of benzene rings is 5. The van der Waals surface area contributed by atoms with Crippen molar-refractivity contribution in [3.05, 3.63) is 121 Å². The Hall–Kier alpha value is -5.29. The predicted molar refractivity (Wildman–Crippen MR) is 154 cm³/mol. The second-order valence-corrected chi connectivity index (χ2v) is 9.42. The summed E-state index contributed by atoms with van der Waals surface area (Å²) in [7, 11) is 0. The number of hydrogen-bond acceptors (Lipinski definition) is 3. The van der Waals surface area contributed by atoms with Crippen molar-refractivity contribution < 1.29 is 0 Å². The van der Waals surface area contributed by atoms with Crippen molar-refractivity contribution in [2.45, 2.75) is 0 Å². The second-order valence-electron chi connectivity index (χ2n) is 9.42. The van der Waals surface area contributed by atoms with Crippen LogP contribution in [0.3, 0.4) is 0 Å². The largest absolute Gasteiger partial charge is 0.353 e. The first-order valence-corrected chi connectivity index (χ1v) is 12.6. The van der Waals surface area contributed by atoms with E-state index in [4.69, 9.17) is 15.0 Å². The lowest BCUT2D eigenvalue weighted by Crippen LogP contribution is -2.06. The van der Waals surface area contributed by atoms with Crippen molar-refractivity contribution in [2.75, 3.05) is 0 Å². The lowest BCUT2D eigenvalue weighted by molar-refractivity contribution is 0.954. The van der Waals surface area contributed by atoms with E-state index in [1.165, 1.54) is 10.8 Å². The van der Waals surface area contributed by atoms with Gasteiger partial charge in [-0.2, -0.15) is 9.97 Å². The summed E-state index contributed by atoms with van der Waals surface area (Å²) in [6.45, 7) is 0. The summed E-state index contributed by atoms with van der Waals surface area (Å²) in [5.74, 6) is 1.88. The first-order valence-electron chi connectivity index (χ1n) is 12.6. The van der Waals surface area contributed by atoms with E-state index < -0.39 is 0 Å². The van der Waals surface area contributed by atoms with Crippen LogP contribution in [0.25, 0.3) is 72.3 Å². The van der Waals surface area contributed by atoms with Gasteiger partial charge in [0.25, 0.3) is 0 Å². The highest BCUT2D eigenvalue weighted by Crippen LogP contribution is 2.38. The van der Waals surface area contributed by atoms with E-state index in [1.807, 2.05) is 60.7 Å². The van der Waals surface area contributed by atoms with E-state index in [0.717, 1.165) is 44.0 Å². The van der Waals surface area contributed by atoms with Gasteiger partial charge < -0.3 is 4.98 Å². The monoisotopic (exact) mass is 487 g/mol. The van der Waals surface area contributed by atoms with Gasteiger partial charge in [-0.25, -0.2) is 4.98 Å². The molecule has 0 aliphatic heterocycles. The molecule has 8 aromatic rings. The number of aromatic amines is 1. The van der Waals surface area contributed by atoms with E-state index in [1.54, 1.807) is 0 Å². The molecule has 0 atom stereocenters. The molecule has 3 aromatic heterocycles. The smallest absolute Gasteiger partial charge is 0.238 e. The van der Waals surface area contributed by atoms with Gasteiger partial charge in [0.15, 0.2) is 11.6 Å². The van der Waals surface area contributed by atoms with Crippen molar-refractivity contribution in [3.63, 3.8) is 0 Å². The van der Waals surface area contributed by atoms with E-state index in [0.29, 0.717) is 17.6 Å². The Labute approximate surface area is 218 Å². The van der Waals surface area contributed by atoms with Crippen molar-refractivity contribution in [2.24, 2.45) is 0 Å². The molecule has 0 amide bonds. The molecule has 0 saturated heterocycles. The summed E-state index contributed by atoms with van der Waals surface area (Å²) in [4.78, 5) is 18.7. The molecule has 38 heavy (non-hydrogen) atoms. The summed E-state index contributed by atoms with van der Waals surface area (Å²) < 4.78 is 2.18. The summed E-state index contributed by atoms with van der Waals surface area (Å²) >= 11 is 0. The van der Waals surface area contributed by atoms with Gasteiger partial charge in [0.05, 0.1) is 16.6 Å². The molecule has 1 N–H and O–H groups in total. The number of fused-ring (bicyclic) bond motifs is 7. The third-order valence-electron chi connectivity index (χ3n) is 7.20. The fourth-order valence-electron chi connectivity index (χ4n) is 5.48. The standard InChI is InChI=1S/C33H21N5/c1-3-11-21(12-4-1)31-35-32(22-13-5-2-6-14-22)37-33(36-31)38-28-18-10-8-16-24(28)26-20-19-25-23-15-7-9-17-27(23)34-29(25)30(26)38/h1-20,34H. The summed E-state index contributed by atoms with van der Waals surface area (Å²) in [5, 5.41) is 4.69. The number of H-pyrrole nitrogens is 1. The van der Waals surface area contributed by atoms with Gasteiger partial charge in [-0.1, -0.05) is 109 Å². The van der Waals surface area contributed by atoms with Gasteiger partial charge in [-0.05, 0) is 12.1 Å². The zero-order valence-corrected chi connectivity index (χ0v) is 20.3. The van der Waals surface area contributed by atoms with Crippen LogP contribution < -0.4 is 0 Å². The van der Waals surface area contributed by atoms with Crippen LogP contribution in [0.4, 0.5) is 0 Å². The SMILES string of the molecule is c1ccc(-c2nc(-c3ccccc3)nc(-n3c4ccccc4c4ccc5c6ccccc6[nH]c5c43)n2)cc1. The number of nitrogens with one attached hydrogen (secondary N) is 1. The maximum Gasteiger partial charge on any atom is 0.238 e. The van der Waals surface area contributed by atoms with E-state index in [2.05, 4.69) is 70.2 Å². The Bertz CT molecular complexity index is 2060. The van der Waals surface area contributed by atoms with Crippen LogP contribution in [0.15, 0.2) is 121 Å². The van der Waals surface area contributed by atoms with Gasteiger partial charge in [0.1, 0.15) is 0 Å². The third kappa shape index (κ3) is 3.09. The van der Waals surface area contributed by atoms with Crippen LogP contribution in [-0.2, 0) is 0 Å². The first-order chi connectivity index (χ1) is 18.8. The number of aromatic nitrogens is 5. The molecule has 0 saturated carbocycles. The summed E-state index contributed by atoms with van der Waals surface area (Å²) in [6.07, 6.45) is 0. The van der Waals surface area contributed by atoms with Crippen molar-refractivity contribution in [1.82, 2.24) is 24.5 Å². The van der Waals surface area contributed by atoms with Crippen molar-refractivity contribution in [1.29, 1.82) is 0 Å². The highest BCUT2D eigenvalue weighted by Gasteiger charge is 2.20. The summed E-state index contributed by atoms with van der Waals surface area (Å²) in [5.41, 5.74) is 6.19. The highest BCUT2D eigenvalue weighted by molar-refractivity contribution is 6.22. The second kappa shape index (κ2) is 8.11. The topological polar surface area (TPSA) is 59.4 Å². The Balaban J connectivity index is 1.53. The van der Waals surface area contributed by atoms with Crippen LogP contribution in [0, 0.1) is 0 Å². The molecular weight excluding hydrogens is 466 g/mol. The normalized spacial score (nSPS) is 11.7. The van der Waals surface area contributed by atoms with E-state index in [-0.39, 0.29) is 0 Å². The fourth-order valence-corrected chi connectivity index (χ4v) is 5.48. The maximum absolute atomic E-state index is 5.06. The molecule has 0 aliphatic rings. The zero-order chi connectivity index (χ0) is 25.1. The minimum atomic E-state index is 0.593. The van der Waals surface area contributed by atoms with Gasteiger partial charge in [0, 0.05) is 38.2 Å². The molecule has 0 spiro atoms. The predicted octanol–water partition coefficient (Wildman–Crippen LogP) is 7.94. The number of para-hydroxylation sites is 2. The molecule has 5 heteroatoms. The van der Waals surface area contributed by atoms with Crippen LogP contribution in [0.2, 0.25) is 0 Å². The van der Waals surface area contributed by atoms with Gasteiger partial charge in [-0.15, -0.1) is 0 Å². The van der Waals surface area contributed by atoms with Crippen molar-refractivity contribution >= 4 is 43.6 Å². The minimum absolute atomic E-state index is 0.593. The third-order valence-corrected chi connectivity index (χ3v) is 7.20. The van der Waals surface area contributed by atoms with Crippen LogP contribution in [-0.4, -0.2) is 24.5 Å². The average Bonchev–Trinajstić information content (AvgIpc) is 3.54. The first kappa shape index (κ1) is 20.9. The molecule has 0 bridgehead atoms. The molecule has 5 aromatic carbocycles. The molecule has 5 nitrogen and oxygen atoms in total. The van der Waals surface area contributed by atoms with E-state index >= 15 is 0 Å². The van der Waals surface area contributed by atoms with Crippen LogP contribution in [0.5, 0.6) is 0 Å². The summed E-state index contributed by atoms with van der Waals surface area (Å²) in [6, 6.07) is 41.5. The minimum Gasteiger partial charge on any atom is -0.353 e.